The van der Waals surface area contributed by atoms with Crippen molar-refractivity contribution in [3.63, 3.8) is 0 Å². The lowest BCUT2D eigenvalue weighted by molar-refractivity contribution is -0.147. The van der Waals surface area contributed by atoms with Gasteiger partial charge in [0, 0.05) is 13.6 Å². The van der Waals surface area contributed by atoms with E-state index < -0.39 is 5.54 Å². The smallest absolute Gasteiger partial charge is 0.327 e. The average molecular weight is 294 g/mol. The lowest BCUT2D eigenvalue weighted by Crippen LogP contribution is -2.57. The van der Waals surface area contributed by atoms with Crippen molar-refractivity contribution in [1.29, 1.82) is 0 Å². The fourth-order valence-electron chi connectivity index (χ4n) is 2.32. The fraction of sp³-hybridized carbons (Fsp3) is 0.562. The van der Waals surface area contributed by atoms with E-state index in [0.717, 1.165) is 24.4 Å². The number of nitrogens with one attached hydrogen (secondary N) is 1. The van der Waals surface area contributed by atoms with Crippen molar-refractivity contribution in [2.24, 2.45) is 0 Å². The van der Waals surface area contributed by atoms with Crippen molar-refractivity contribution in [1.82, 2.24) is 5.32 Å². The van der Waals surface area contributed by atoms with Crippen LogP contribution in [0.4, 0.5) is 5.69 Å². The van der Waals surface area contributed by atoms with E-state index in [4.69, 9.17) is 9.47 Å². The summed E-state index contributed by atoms with van der Waals surface area (Å²) in [5.41, 5.74) is 0.175. The van der Waals surface area contributed by atoms with E-state index in [1.165, 1.54) is 7.11 Å². The summed E-state index contributed by atoms with van der Waals surface area (Å²) >= 11 is 0. The molecule has 0 saturated heterocycles. The van der Waals surface area contributed by atoms with Gasteiger partial charge in [0.15, 0.2) is 0 Å². The van der Waals surface area contributed by atoms with Gasteiger partial charge in [-0.25, -0.2) is 4.79 Å². The summed E-state index contributed by atoms with van der Waals surface area (Å²) in [6.45, 7) is 5.17. The van der Waals surface area contributed by atoms with Gasteiger partial charge < -0.3 is 19.7 Å². The van der Waals surface area contributed by atoms with Crippen LogP contribution in [0.5, 0.6) is 5.75 Å². The highest BCUT2D eigenvalue weighted by molar-refractivity contribution is 5.81. The highest BCUT2D eigenvalue weighted by atomic mass is 16.5. The summed E-state index contributed by atoms with van der Waals surface area (Å²) in [4.78, 5) is 14.1. The Bertz CT molecular complexity index is 465. The molecular formula is C16H26N2O3. The zero-order valence-corrected chi connectivity index (χ0v) is 13.6. The SMILES string of the molecule is CCCNC(C)(CN(C)c1ccccc1OC)C(=O)OC. The second-order valence-electron chi connectivity index (χ2n) is 5.28. The Balaban J connectivity index is 2.94. The number of benzene rings is 1. The molecule has 1 aromatic carbocycles. The maximum Gasteiger partial charge on any atom is 0.327 e. The highest BCUT2D eigenvalue weighted by Crippen LogP contribution is 2.27. The summed E-state index contributed by atoms with van der Waals surface area (Å²) in [6, 6.07) is 7.74. The molecule has 5 heteroatoms. The monoisotopic (exact) mass is 294 g/mol. The van der Waals surface area contributed by atoms with Gasteiger partial charge in [-0.05, 0) is 32.0 Å². The molecule has 1 atom stereocenters. The third-order valence-corrected chi connectivity index (χ3v) is 3.45. The van der Waals surface area contributed by atoms with Crippen LogP contribution in [0.1, 0.15) is 20.3 Å². The second-order valence-corrected chi connectivity index (χ2v) is 5.28. The lowest BCUT2D eigenvalue weighted by Gasteiger charge is -2.33. The molecular weight excluding hydrogens is 268 g/mol. The summed E-state index contributed by atoms with van der Waals surface area (Å²) in [5, 5.41) is 3.28. The molecule has 0 amide bonds. The average Bonchev–Trinajstić information content (AvgIpc) is 2.51. The third-order valence-electron chi connectivity index (χ3n) is 3.45. The molecule has 0 spiro atoms. The van der Waals surface area contributed by atoms with Crippen molar-refractivity contribution in [2.45, 2.75) is 25.8 Å². The molecule has 0 aliphatic heterocycles. The second kappa shape index (κ2) is 7.88. The number of carbonyl (C=O) groups excluding carboxylic acids is 1. The minimum absolute atomic E-state index is 0.266. The van der Waals surface area contributed by atoms with Crippen LogP contribution in [0.15, 0.2) is 24.3 Å². The predicted octanol–water partition coefficient (Wildman–Crippen LogP) is 2.06. The Morgan fingerprint density at radius 1 is 1.33 bits per heavy atom. The van der Waals surface area contributed by atoms with Crippen LogP contribution in [0, 0.1) is 0 Å². The van der Waals surface area contributed by atoms with E-state index in [1.54, 1.807) is 7.11 Å². The summed E-state index contributed by atoms with van der Waals surface area (Å²) in [7, 11) is 4.99. The van der Waals surface area contributed by atoms with Crippen molar-refractivity contribution < 1.29 is 14.3 Å². The molecule has 1 unspecified atom stereocenters. The van der Waals surface area contributed by atoms with Crippen LogP contribution < -0.4 is 15.0 Å². The van der Waals surface area contributed by atoms with Crippen LogP contribution in [0.2, 0.25) is 0 Å². The van der Waals surface area contributed by atoms with Gasteiger partial charge in [0.2, 0.25) is 0 Å². The first-order chi connectivity index (χ1) is 9.98. The molecule has 0 aliphatic carbocycles. The van der Waals surface area contributed by atoms with E-state index in [2.05, 4.69) is 12.2 Å². The Labute approximate surface area is 127 Å². The number of rotatable bonds is 8. The first-order valence-electron chi connectivity index (χ1n) is 7.16. The van der Waals surface area contributed by atoms with Crippen LogP contribution >= 0.6 is 0 Å². The van der Waals surface area contributed by atoms with E-state index >= 15 is 0 Å². The lowest BCUT2D eigenvalue weighted by atomic mass is 10.0. The number of nitrogens with zero attached hydrogens (tertiary/aromatic N) is 1. The van der Waals surface area contributed by atoms with Crippen LogP contribution in [-0.4, -0.2) is 45.9 Å². The number of esters is 1. The molecule has 1 aromatic rings. The van der Waals surface area contributed by atoms with Gasteiger partial charge in [-0.1, -0.05) is 19.1 Å². The Morgan fingerprint density at radius 2 is 2.00 bits per heavy atom. The van der Waals surface area contributed by atoms with Gasteiger partial charge >= 0.3 is 5.97 Å². The zero-order chi connectivity index (χ0) is 15.9. The van der Waals surface area contributed by atoms with Gasteiger partial charge in [0.25, 0.3) is 0 Å². The number of likely N-dealkylation sites (N-methyl/N-ethyl adjacent to an activating group) is 1. The van der Waals surface area contributed by atoms with Gasteiger partial charge in [0.1, 0.15) is 11.3 Å². The first-order valence-corrected chi connectivity index (χ1v) is 7.16. The molecule has 0 radical (unpaired) electrons. The Kier molecular flexibility index (Phi) is 6.49. The van der Waals surface area contributed by atoms with Crippen LogP contribution in [0.3, 0.4) is 0 Å². The standard InChI is InChI=1S/C16H26N2O3/c1-6-11-17-16(2,15(19)21-5)12-18(3)13-9-7-8-10-14(13)20-4/h7-10,17H,6,11-12H2,1-5H3. The van der Waals surface area contributed by atoms with E-state index in [1.807, 2.05) is 43.1 Å². The topological polar surface area (TPSA) is 50.8 Å². The molecule has 1 N–H and O–H groups in total. The largest absolute Gasteiger partial charge is 0.495 e. The third kappa shape index (κ3) is 4.36. The maximum atomic E-state index is 12.1. The van der Waals surface area contributed by atoms with Gasteiger partial charge in [-0.2, -0.15) is 0 Å². The van der Waals surface area contributed by atoms with E-state index in [-0.39, 0.29) is 5.97 Å². The number of anilines is 1. The molecule has 5 nitrogen and oxygen atoms in total. The summed E-state index contributed by atoms with van der Waals surface area (Å²) in [6.07, 6.45) is 0.949. The van der Waals surface area contributed by atoms with Crippen molar-refractivity contribution in [3.8, 4) is 5.75 Å². The zero-order valence-electron chi connectivity index (χ0n) is 13.6. The van der Waals surface area contributed by atoms with Gasteiger partial charge in [-0.3, -0.25) is 0 Å². The minimum atomic E-state index is -0.764. The van der Waals surface area contributed by atoms with Crippen molar-refractivity contribution in [3.05, 3.63) is 24.3 Å². The molecule has 21 heavy (non-hydrogen) atoms. The van der Waals surface area contributed by atoms with Crippen molar-refractivity contribution >= 4 is 11.7 Å². The minimum Gasteiger partial charge on any atom is -0.495 e. The quantitative estimate of drug-likeness (QED) is 0.744. The normalized spacial score (nSPS) is 13.4. The molecule has 118 valence electrons. The Morgan fingerprint density at radius 3 is 2.57 bits per heavy atom. The van der Waals surface area contributed by atoms with Crippen LogP contribution in [-0.2, 0) is 9.53 Å². The van der Waals surface area contributed by atoms with E-state index in [9.17, 15) is 4.79 Å². The molecule has 0 fully saturated rings. The molecule has 0 bridgehead atoms. The molecule has 0 saturated carbocycles. The summed E-state index contributed by atoms with van der Waals surface area (Å²) in [5.74, 6) is 0.514. The first kappa shape index (κ1) is 17.3. The number of ether oxygens (including phenoxy) is 2. The summed E-state index contributed by atoms with van der Waals surface area (Å²) < 4.78 is 10.3. The number of hydrogen-bond donors (Lipinski definition) is 1. The van der Waals surface area contributed by atoms with Gasteiger partial charge in [-0.15, -0.1) is 0 Å². The molecule has 0 heterocycles. The molecule has 0 aromatic heterocycles. The number of para-hydroxylation sites is 2. The van der Waals surface area contributed by atoms with Gasteiger partial charge in [0.05, 0.1) is 19.9 Å². The van der Waals surface area contributed by atoms with Crippen LogP contribution in [0.25, 0.3) is 0 Å². The molecule has 0 aliphatic rings. The predicted molar refractivity (Wildman–Crippen MR) is 85.0 cm³/mol. The number of hydrogen-bond acceptors (Lipinski definition) is 5. The van der Waals surface area contributed by atoms with E-state index in [0.29, 0.717) is 6.54 Å². The maximum absolute atomic E-state index is 12.1. The van der Waals surface area contributed by atoms with Crippen molar-refractivity contribution in [2.75, 3.05) is 39.3 Å². The fourth-order valence-corrected chi connectivity index (χ4v) is 2.32. The Hall–Kier alpha value is -1.75. The highest BCUT2D eigenvalue weighted by Gasteiger charge is 2.35. The molecule has 1 rings (SSSR count). The number of carbonyl (C=O) groups is 1. The number of methoxy groups -OCH3 is 2.